The molecule has 0 aromatic heterocycles. The molecule has 3 rings (SSSR count). The van der Waals surface area contributed by atoms with E-state index in [9.17, 15) is 18.0 Å². The fraction of sp³-hybridized carbons (Fsp3) is 0.632. The van der Waals surface area contributed by atoms with Crippen molar-refractivity contribution < 1.29 is 27.4 Å². The third-order valence-electron chi connectivity index (χ3n) is 5.68. The van der Waals surface area contributed by atoms with Crippen LogP contribution < -0.4 is 11.1 Å². The Morgan fingerprint density at radius 2 is 1.64 bits per heavy atom. The Bertz CT molecular complexity index is 673. The average molecular weight is 423 g/mol. The minimum Gasteiger partial charge on any atom is -0.381 e. The summed E-state index contributed by atoms with van der Waals surface area (Å²) in [6.07, 6.45) is -2.48. The number of hydrogen-bond acceptors (Lipinski definition) is 4. The molecule has 0 spiro atoms. The van der Waals surface area contributed by atoms with Gasteiger partial charge in [0.05, 0.1) is 11.1 Å². The van der Waals surface area contributed by atoms with Crippen LogP contribution in [-0.4, -0.2) is 44.4 Å². The summed E-state index contributed by atoms with van der Waals surface area (Å²) in [5, 5.41) is 2.90. The Labute approximate surface area is 168 Å². The molecule has 2 fully saturated rings. The molecule has 0 aliphatic carbocycles. The maximum atomic E-state index is 13.1. The standard InChI is InChI=1S/C19H25F3N2O3.ClH/c20-19(21,22)15-3-1-2-14(12-15)17(4-8-26-9-5-17)13-24-16(25)18(23)6-10-27-11-7-18;/h1-3,12H,4-11,13,23H2,(H,24,25);1H. The van der Waals surface area contributed by atoms with E-state index in [1.54, 1.807) is 6.07 Å². The molecule has 2 heterocycles. The number of rotatable bonds is 4. The minimum atomic E-state index is -4.41. The van der Waals surface area contributed by atoms with E-state index in [2.05, 4.69) is 5.32 Å². The van der Waals surface area contributed by atoms with Crippen LogP contribution in [-0.2, 0) is 25.9 Å². The van der Waals surface area contributed by atoms with Gasteiger partial charge in [0.25, 0.3) is 0 Å². The third-order valence-corrected chi connectivity index (χ3v) is 5.68. The van der Waals surface area contributed by atoms with Crippen molar-refractivity contribution in [2.24, 2.45) is 5.73 Å². The summed E-state index contributed by atoms with van der Waals surface area (Å²) in [6, 6.07) is 5.36. The minimum absolute atomic E-state index is 0. The molecule has 1 aromatic carbocycles. The second kappa shape index (κ2) is 8.98. The molecule has 0 atom stereocenters. The van der Waals surface area contributed by atoms with Crippen LogP contribution in [0.4, 0.5) is 13.2 Å². The molecule has 0 saturated carbocycles. The van der Waals surface area contributed by atoms with E-state index in [4.69, 9.17) is 15.2 Å². The van der Waals surface area contributed by atoms with Gasteiger partial charge in [-0.2, -0.15) is 13.2 Å². The molecular formula is C19H26ClF3N2O3. The molecule has 0 unspecified atom stereocenters. The van der Waals surface area contributed by atoms with Gasteiger partial charge in [-0.3, -0.25) is 4.79 Å². The maximum Gasteiger partial charge on any atom is 0.416 e. The molecule has 2 aliphatic rings. The summed E-state index contributed by atoms with van der Waals surface area (Å²) in [7, 11) is 0. The summed E-state index contributed by atoms with van der Waals surface area (Å²) >= 11 is 0. The monoisotopic (exact) mass is 422 g/mol. The number of carbonyl (C=O) groups is 1. The fourth-order valence-corrected chi connectivity index (χ4v) is 3.74. The van der Waals surface area contributed by atoms with Crippen molar-refractivity contribution in [1.82, 2.24) is 5.32 Å². The predicted molar refractivity (Wildman–Crippen MR) is 100 cm³/mol. The Morgan fingerprint density at radius 3 is 2.21 bits per heavy atom. The first kappa shape index (κ1) is 22.9. The molecule has 1 amide bonds. The van der Waals surface area contributed by atoms with E-state index in [1.807, 2.05) is 0 Å². The van der Waals surface area contributed by atoms with Crippen molar-refractivity contribution in [3.05, 3.63) is 35.4 Å². The predicted octanol–water partition coefficient (Wildman–Crippen LogP) is 2.80. The van der Waals surface area contributed by atoms with Crippen LogP contribution in [0.3, 0.4) is 0 Å². The largest absolute Gasteiger partial charge is 0.416 e. The van der Waals surface area contributed by atoms with Crippen molar-refractivity contribution in [1.29, 1.82) is 0 Å². The number of hydrogen-bond donors (Lipinski definition) is 2. The number of ether oxygens (including phenoxy) is 2. The Kier molecular flexibility index (Phi) is 7.36. The zero-order chi connectivity index (χ0) is 19.5. The van der Waals surface area contributed by atoms with Crippen LogP contribution in [0.1, 0.15) is 36.8 Å². The van der Waals surface area contributed by atoms with Crippen LogP contribution in [0.15, 0.2) is 24.3 Å². The topological polar surface area (TPSA) is 73.6 Å². The van der Waals surface area contributed by atoms with Crippen molar-refractivity contribution in [2.75, 3.05) is 33.0 Å². The van der Waals surface area contributed by atoms with E-state index < -0.39 is 22.7 Å². The summed E-state index contributed by atoms with van der Waals surface area (Å²) in [5.74, 6) is -0.274. The average Bonchev–Trinajstić information content (AvgIpc) is 2.67. The lowest BCUT2D eigenvalue weighted by Crippen LogP contribution is -2.59. The van der Waals surface area contributed by atoms with Gasteiger partial charge in [0.15, 0.2) is 0 Å². The molecule has 2 saturated heterocycles. The maximum absolute atomic E-state index is 13.1. The summed E-state index contributed by atoms with van der Waals surface area (Å²) in [4.78, 5) is 12.7. The molecule has 0 radical (unpaired) electrons. The van der Waals surface area contributed by atoms with Gasteiger partial charge in [0, 0.05) is 38.4 Å². The second-order valence-electron chi connectivity index (χ2n) is 7.42. The molecule has 0 bridgehead atoms. The van der Waals surface area contributed by atoms with Gasteiger partial charge in [-0.05, 0) is 37.3 Å². The SMILES string of the molecule is Cl.NC1(C(=O)NCC2(c3cccc(C(F)(F)F)c3)CCOCC2)CCOCC1. The smallest absolute Gasteiger partial charge is 0.381 e. The van der Waals surface area contributed by atoms with E-state index >= 15 is 0 Å². The number of alkyl halides is 3. The first-order chi connectivity index (χ1) is 12.8. The summed E-state index contributed by atoms with van der Waals surface area (Å²) < 4.78 is 50.1. The van der Waals surface area contributed by atoms with Gasteiger partial charge >= 0.3 is 6.18 Å². The van der Waals surface area contributed by atoms with Crippen molar-refractivity contribution in [3.8, 4) is 0 Å². The lowest BCUT2D eigenvalue weighted by Gasteiger charge is -2.40. The van der Waals surface area contributed by atoms with Gasteiger partial charge in [-0.15, -0.1) is 12.4 Å². The number of benzene rings is 1. The van der Waals surface area contributed by atoms with E-state index in [0.717, 1.165) is 6.07 Å². The number of halogens is 4. The number of nitrogens with one attached hydrogen (secondary N) is 1. The highest BCUT2D eigenvalue weighted by Gasteiger charge is 2.40. The van der Waals surface area contributed by atoms with E-state index in [1.165, 1.54) is 12.1 Å². The Balaban J connectivity index is 0.00000280. The van der Waals surface area contributed by atoms with Crippen LogP contribution >= 0.6 is 12.4 Å². The molecule has 5 nitrogen and oxygen atoms in total. The molecule has 1 aromatic rings. The van der Waals surface area contributed by atoms with Crippen LogP contribution in [0.25, 0.3) is 0 Å². The highest BCUT2D eigenvalue weighted by atomic mass is 35.5. The highest BCUT2D eigenvalue weighted by Crippen LogP contribution is 2.38. The van der Waals surface area contributed by atoms with Gasteiger partial charge < -0.3 is 20.5 Å². The summed E-state index contributed by atoms with van der Waals surface area (Å²) in [6.45, 7) is 1.96. The van der Waals surface area contributed by atoms with Crippen molar-refractivity contribution in [2.45, 2.75) is 42.8 Å². The fourth-order valence-electron chi connectivity index (χ4n) is 3.74. The highest BCUT2D eigenvalue weighted by molar-refractivity contribution is 5.86. The van der Waals surface area contributed by atoms with Gasteiger partial charge in [-0.1, -0.05) is 18.2 Å². The van der Waals surface area contributed by atoms with E-state index in [0.29, 0.717) is 57.7 Å². The van der Waals surface area contributed by atoms with Crippen molar-refractivity contribution >= 4 is 18.3 Å². The van der Waals surface area contributed by atoms with Crippen LogP contribution in [0, 0.1) is 0 Å². The van der Waals surface area contributed by atoms with Gasteiger partial charge in [0.2, 0.25) is 5.91 Å². The second-order valence-corrected chi connectivity index (χ2v) is 7.42. The van der Waals surface area contributed by atoms with Crippen LogP contribution in [0.5, 0.6) is 0 Å². The number of amides is 1. The molecule has 2 aliphatic heterocycles. The first-order valence-electron chi connectivity index (χ1n) is 9.16. The van der Waals surface area contributed by atoms with Crippen LogP contribution in [0.2, 0.25) is 0 Å². The Morgan fingerprint density at radius 1 is 1.07 bits per heavy atom. The zero-order valence-electron chi connectivity index (χ0n) is 15.5. The third kappa shape index (κ3) is 4.97. The molecule has 3 N–H and O–H groups in total. The van der Waals surface area contributed by atoms with E-state index in [-0.39, 0.29) is 24.9 Å². The Hall–Kier alpha value is -1.35. The zero-order valence-corrected chi connectivity index (χ0v) is 16.3. The summed E-state index contributed by atoms with van der Waals surface area (Å²) in [5.41, 5.74) is 4.51. The van der Waals surface area contributed by atoms with Crippen molar-refractivity contribution in [3.63, 3.8) is 0 Å². The quantitative estimate of drug-likeness (QED) is 0.782. The van der Waals surface area contributed by atoms with Gasteiger partial charge in [-0.25, -0.2) is 0 Å². The first-order valence-corrected chi connectivity index (χ1v) is 9.16. The van der Waals surface area contributed by atoms with Gasteiger partial charge in [0.1, 0.15) is 0 Å². The molecule has 9 heteroatoms. The lowest BCUT2D eigenvalue weighted by atomic mass is 9.73. The molecular weight excluding hydrogens is 397 g/mol. The molecule has 158 valence electrons. The normalized spacial score (nSPS) is 21.4. The lowest BCUT2D eigenvalue weighted by molar-refractivity contribution is -0.137. The molecule has 28 heavy (non-hydrogen) atoms. The number of carbonyl (C=O) groups excluding carboxylic acids is 1. The number of nitrogens with two attached hydrogens (primary N) is 1.